The van der Waals surface area contributed by atoms with Crippen LogP contribution in [0.1, 0.15) is 39.5 Å². The zero-order valence-corrected chi connectivity index (χ0v) is 12.5. The second-order valence-electron chi connectivity index (χ2n) is 6.53. The molecule has 0 radical (unpaired) electrons. The first-order valence-corrected chi connectivity index (χ1v) is 7.72. The van der Waals surface area contributed by atoms with Crippen molar-refractivity contribution < 1.29 is 14.7 Å². The molecule has 1 heterocycles. The van der Waals surface area contributed by atoms with E-state index in [-0.39, 0.29) is 17.7 Å². The predicted octanol–water partition coefficient (Wildman–Crippen LogP) is 1.33. The molecule has 114 valence electrons. The minimum atomic E-state index is -0.760. The van der Waals surface area contributed by atoms with Gasteiger partial charge in [-0.25, -0.2) is 0 Å². The maximum absolute atomic E-state index is 12.1. The Morgan fingerprint density at radius 2 is 1.95 bits per heavy atom. The summed E-state index contributed by atoms with van der Waals surface area (Å²) < 4.78 is 0. The molecule has 3 unspecified atom stereocenters. The lowest BCUT2D eigenvalue weighted by atomic mass is 10.0. The number of carboxylic acid groups (broad SMARTS) is 1. The number of nitrogens with zero attached hydrogens (tertiary/aromatic N) is 1. The fraction of sp³-hybridized carbons (Fsp3) is 0.867. The molecule has 2 fully saturated rings. The van der Waals surface area contributed by atoms with Gasteiger partial charge in [-0.15, -0.1) is 0 Å². The van der Waals surface area contributed by atoms with Crippen molar-refractivity contribution in [2.24, 2.45) is 17.8 Å². The van der Waals surface area contributed by atoms with Crippen LogP contribution in [0.2, 0.25) is 0 Å². The molecule has 2 rings (SSSR count). The van der Waals surface area contributed by atoms with E-state index in [9.17, 15) is 9.59 Å². The number of hydrogen-bond acceptors (Lipinski definition) is 3. The van der Waals surface area contributed by atoms with E-state index in [0.29, 0.717) is 31.2 Å². The van der Waals surface area contributed by atoms with Crippen molar-refractivity contribution in [1.29, 1.82) is 0 Å². The largest absolute Gasteiger partial charge is 0.481 e. The van der Waals surface area contributed by atoms with E-state index in [1.54, 1.807) is 0 Å². The van der Waals surface area contributed by atoms with Crippen molar-refractivity contribution >= 4 is 11.9 Å². The molecule has 2 N–H and O–H groups in total. The van der Waals surface area contributed by atoms with Crippen molar-refractivity contribution in [1.82, 2.24) is 10.2 Å². The van der Waals surface area contributed by atoms with E-state index in [4.69, 9.17) is 5.11 Å². The first kappa shape index (κ1) is 15.3. The summed E-state index contributed by atoms with van der Waals surface area (Å²) >= 11 is 0. The highest BCUT2D eigenvalue weighted by Gasteiger charge is 2.34. The highest BCUT2D eigenvalue weighted by atomic mass is 16.4. The summed E-state index contributed by atoms with van der Waals surface area (Å²) in [5.41, 5.74) is 0. The lowest BCUT2D eigenvalue weighted by molar-refractivity contribution is -0.141. The SMILES string of the molecule is CC(C)N1CCC(CNC(=O)C2CCC(C(=O)O)C2)C1. The fourth-order valence-electron chi connectivity index (χ4n) is 3.33. The molecule has 0 aromatic heterocycles. The molecule has 1 saturated heterocycles. The molecule has 0 spiro atoms. The molecule has 0 aromatic carbocycles. The normalized spacial score (nSPS) is 30.9. The molecule has 2 aliphatic rings. The number of hydrogen-bond donors (Lipinski definition) is 2. The third kappa shape index (κ3) is 3.72. The van der Waals surface area contributed by atoms with E-state index in [1.807, 2.05) is 0 Å². The van der Waals surface area contributed by atoms with Gasteiger partial charge in [0.2, 0.25) is 5.91 Å². The van der Waals surface area contributed by atoms with Crippen LogP contribution in [0.25, 0.3) is 0 Å². The van der Waals surface area contributed by atoms with Crippen molar-refractivity contribution in [3.8, 4) is 0 Å². The van der Waals surface area contributed by atoms with Gasteiger partial charge in [-0.3, -0.25) is 9.59 Å². The number of rotatable bonds is 5. The predicted molar refractivity (Wildman–Crippen MR) is 76.3 cm³/mol. The summed E-state index contributed by atoms with van der Waals surface area (Å²) in [6.07, 6.45) is 2.99. The summed E-state index contributed by atoms with van der Waals surface area (Å²) in [6.45, 7) is 7.30. The summed E-state index contributed by atoms with van der Waals surface area (Å²) in [5.74, 6) is -0.592. The van der Waals surface area contributed by atoms with Crippen molar-refractivity contribution in [3.05, 3.63) is 0 Å². The zero-order chi connectivity index (χ0) is 14.7. The third-order valence-electron chi connectivity index (χ3n) is 4.77. The number of carboxylic acids is 1. The molecule has 0 bridgehead atoms. The van der Waals surface area contributed by atoms with E-state index in [0.717, 1.165) is 26.1 Å². The van der Waals surface area contributed by atoms with Crippen LogP contribution in [0.5, 0.6) is 0 Å². The molecule has 1 aliphatic heterocycles. The van der Waals surface area contributed by atoms with Crippen molar-refractivity contribution in [2.45, 2.75) is 45.6 Å². The Morgan fingerprint density at radius 3 is 2.50 bits per heavy atom. The number of aliphatic carboxylic acids is 1. The van der Waals surface area contributed by atoms with Gasteiger partial charge in [-0.2, -0.15) is 0 Å². The highest BCUT2D eigenvalue weighted by Crippen LogP contribution is 2.31. The highest BCUT2D eigenvalue weighted by molar-refractivity contribution is 5.80. The van der Waals surface area contributed by atoms with E-state index < -0.39 is 5.97 Å². The Balaban J connectivity index is 1.70. The van der Waals surface area contributed by atoms with Crippen LogP contribution in [0, 0.1) is 17.8 Å². The van der Waals surface area contributed by atoms with Crippen molar-refractivity contribution in [3.63, 3.8) is 0 Å². The van der Waals surface area contributed by atoms with Gasteiger partial charge in [-0.05, 0) is 52.0 Å². The lowest BCUT2D eigenvalue weighted by Crippen LogP contribution is -2.35. The molecule has 1 aliphatic carbocycles. The van der Waals surface area contributed by atoms with E-state index in [2.05, 4.69) is 24.1 Å². The van der Waals surface area contributed by atoms with Crippen LogP contribution in [0.15, 0.2) is 0 Å². The second-order valence-corrected chi connectivity index (χ2v) is 6.53. The molecule has 1 saturated carbocycles. The lowest BCUT2D eigenvalue weighted by Gasteiger charge is -2.20. The molecule has 20 heavy (non-hydrogen) atoms. The second kappa shape index (κ2) is 6.57. The standard InChI is InChI=1S/C15H26N2O3/c1-10(2)17-6-5-11(9-17)8-16-14(18)12-3-4-13(7-12)15(19)20/h10-13H,3-9H2,1-2H3,(H,16,18)(H,19,20). The maximum Gasteiger partial charge on any atom is 0.306 e. The van der Waals surface area contributed by atoms with Crippen LogP contribution in [0.3, 0.4) is 0 Å². The number of likely N-dealkylation sites (tertiary alicyclic amines) is 1. The number of carbonyl (C=O) groups is 2. The summed E-state index contributed by atoms with van der Waals surface area (Å²) in [4.78, 5) is 25.4. The van der Waals surface area contributed by atoms with Crippen LogP contribution in [-0.2, 0) is 9.59 Å². The Morgan fingerprint density at radius 1 is 1.25 bits per heavy atom. The van der Waals surface area contributed by atoms with E-state index in [1.165, 1.54) is 0 Å². The first-order chi connectivity index (χ1) is 9.47. The Labute approximate surface area is 120 Å². The van der Waals surface area contributed by atoms with Gasteiger partial charge in [0, 0.05) is 25.0 Å². The van der Waals surface area contributed by atoms with Gasteiger partial charge in [-0.1, -0.05) is 0 Å². The molecular formula is C15H26N2O3. The topological polar surface area (TPSA) is 69.6 Å². The number of nitrogens with one attached hydrogen (secondary N) is 1. The summed E-state index contributed by atoms with van der Waals surface area (Å²) in [6, 6.07) is 0.571. The summed E-state index contributed by atoms with van der Waals surface area (Å²) in [5, 5.41) is 12.0. The molecular weight excluding hydrogens is 256 g/mol. The van der Waals surface area contributed by atoms with Crippen LogP contribution >= 0.6 is 0 Å². The Bertz CT molecular complexity index is 370. The van der Waals surface area contributed by atoms with E-state index >= 15 is 0 Å². The molecule has 5 heteroatoms. The smallest absolute Gasteiger partial charge is 0.306 e. The quantitative estimate of drug-likeness (QED) is 0.798. The minimum Gasteiger partial charge on any atom is -0.481 e. The first-order valence-electron chi connectivity index (χ1n) is 7.72. The zero-order valence-electron chi connectivity index (χ0n) is 12.5. The van der Waals surface area contributed by atoms with Gasteiger partial charge < -0.3 is 15.3 Å². The van der Waals surface area contributed by atoms with Gasteiger partial charge in [0.15, 0.2) is 0 Å². The van der Waals surface area contributed by atoms with Gasteiger partial charge in [0.1, 0.15) is 0 Å². The average molecular weight is 282 g/mol. The van der Waals surface area contributed by atoms with Gasteiger partial charge in [0.05, 0.1) is 5.92 Å². The molecule has 0 aromatic rings. The maximum atomic E-state index is 12.1. The Kier molecular flexibility index (Phi) is 5.02. The molecule has 3 atom stereocenters. The van der Waals surface area contributed by atoms with Crippen LogP contribution < -0.4 is 5.32 Å². The molecule has 5 nitrogen and oxygen atoms in total. The van der Waals surface area contributed by atoms with Gasteiger partial charge in [0.25, 0.3) is 0 Å². The number of amides is 1. The van der Waals surface area contributed by atoms with Crippen LogP contribution in [0.4, 0.5) is 0 Å². The fourth-order valence-corrected chi connectivity index (χ4v) is 3.33. The number of carbonyl (C=O) groups excluding carboxylic acids is 1. The van der Waals surface area contributed by atoms with Gasteiger partial charge >= 0.3 is 5.97 Å². The molecule has 1 amide bonds. The third-order valence-corrected chi connectivity index (χ3v) is 4.77. The average Bonchev–Trinajstić information content (AvgIpc) is 3.05. The van der Waals surface area contributed by atoms with Crippen LogP contribution in [-0.4, -0.2) is 47.6 Å². The minimum absolute atomic E-state index is 0.0525. The Hall–Kier alpha value is -1.10. The summed E-state index contributed by atoms with van der Waals surface area (Å²) in [7, 11) is 0. The van der Waals surface area contributed by atoms with Crippen molar-refractivity contribution in [2.75, 3.05) is 19.6 Å². The monoisotopic (exact) mass is 282 g/mol.